The largest absolute Gasteiger partial charge is 0 e. The fourth-order valence-corrected chi connectivity index (χ4v) is 10.8. The van der Waals surface area contributed by atoms with Crippen molar-refractivity contribution in [1.82, 2.24) is 15.0 Å². The van der Waals surface area contributed by atoms with Gasteiger partial charge in [0.15, 0.2) is 0 Å². The summed E-state index contributed by atoms with van der Waals surface area (Å²) in [6.45, 7) is 8.61. The third-order valence-corrected chi connectivity index (χ3v) is 14.6. The van der Waals surface area contributed by atoms with Gasteiger partial charge < -0.3 is 9.40 Å². The molecule has 1 radical (unpaired) electrons. The minimum atomic E-state index is -1.87. The molecule has 1 aliphatic rings. The zero-order valence-electron chi connectivity index (χ0n) is 32.0. The quantitative estimate of drug-likeness (QED) is 0.123. The van der Waals surface area contributed by atoms with Gasteiger partial charge in [0, 0.05) is 37.4 Å². The molecule has 0 atom stereocenters. The summed E-state index contributed by atoms with van der Waals surface area (Å²) in [5.41, 5.74) is 11.4. The molecule has 8 rings (SSSR count). The van der Waals surface area contributed by atoms with E-state index in [-0.39, 0.29) is 25.5 Å². The molecule has 0 saturated heterocycles. The number of benzene rings is 3. The van der Waals surface area contributed by atoms with Crippen LogP contribution in [0.5, 0.6) is 0 Å². The molecule has 0 amide bonds. The summed E-state index contributed by atoms with van der Waals surface area (Å²) in [7, 11) is 0. The van der Waals surface area contributed by atoms with Gasteiger partial charge in [-0.1, -0.05) is 79.7 Å². The van der Waals surface area contributed by atoms with Crippen LogP contribution in [-0.4, -0.2) is 28.2 Å². The van der Waals surface area contributed by atoms with Crippen molar-refractivity contribution in [2.45, 2.75) is 82.5 Å². The number of aryl methyl sites for hydroxylation is 1. The Kier molecular flexibility index (Phi) is 11.9. The summed E-state index contributed by atoms with van der Waals surface area (Å²) in [5, 5.41) is 2.00. The van der Waals surface area contributed by atoms with Crippen molar-refractivity contribution in [2.75, 3.05) is 0 Å². The maximum atomic E-state index is 6.32. The number of pyridine rings is 3. The molecule has 53 heavy (non-hydrogen) atoms. The van der Waals surface area contributed by atoms with Crippen molar-refractivity contribution in [3.63, 3.8) is 0 Å². The molecule has 7 aromatic rings. The van der Waals surface area contributed by atoms with Gasteiger partial charge in [0.1, 0.15) is 0 Å². The molecule has 0 spiro atoms. The first kappa shape index (κ1) is 38.8. The maximum Gasteiger partial charge on any atom is 0 e. The molecule has 1 aliphatic carbocycles. The van der Waals surface area contributed by atoms with Crippen molar-refractivity contribution in [3.8, 4) is 33.6 Å². The van der Waals surface area contributed by atoms with Gasteiger partial charge in [-0.15, -0.1) is 17.7 Å². The first-order valence-electron chi connectivity index (χ1n) is 18.7. The fraction of sp³-hybridized carbons (Fsp3) is 0.298. The summed E-state index contributed by atoms with van der Waals surface area (Å²) in [6, 6.07) is 38.0. The summed E-state index contributed by atoms with van der Waals surface area (Å²) < 4.78 is 7.91. The molecule has 4 aromatic heterocycles. The molecule has 4 heterocycles. The third kappa shape index (κ3) is 8.75. The molecule has 6 heteroatoms. The van der Waals surface area contributed by atoms with Gasteiger partial charge in [-0.25, -0.2) is 4.98 Å². The molecule has 0 N–H and O–H groups in total. The third-order valence-electron chi connectivity index (χ3n) is 10.3. The molecule has 0 aliphatic heterocycles. The van der Waals surface area contributed by atoms with Gasteiger partial charge in [0.25, 0.3) is 0 Å². The standard InChI is InChI=1S/C27H23N2O.C20H26GeN.Ir/c1-17-10-11-22-24-21(23-16-19(14-15-28-23)27(2,3)4)13-12-20(18-8-6-5-7-9-18)25(24)30-26(22)29-17;1-21(2,3)19-15-22-20(17-11-5-4-6-12-17)14-18(19)13-16-9-7-8-10-16;/h5-12,14-16H,1-4H3;4-6,11,14-16H,7-10,13H2,1-3H3;/q2*-1;. The number of fused-ring (bicyclic) bond motifs is 3. The minimum absolute atomic E-state index is 0. The predicted octanol–water partition coefficient (Wildman–Crippen LogP) is 11.9. The smallest absolute Gasteiger partial charge is 0 e. The Morgan fingerprint density at radius 2 is 1.60 bits per heavy atom. The molecule has 4 nitrogen and oxygen atoms in total. The number of aromatic nitrogens is 3. The van der Waals surface area contributed by atoms with Gasteiger partial charge in [0.2, 0.25) is 5.71 Å². The first-order valence-corrected chi connectivity index (χ1v) is 26.0. The van der Waals surface area contributed by atoms with E-state index in [1.807, 2.05) is 55.6 Å². The summed E-state index contributed by atoms with van der Waals surface area (Å²) in [6.07, 6.45) is 11.0. The number of hydrogen-bond acceptors (Lipinski definition) is 4. The Labute approximate surface area is 331 Å². The topological polar surface area (TPSA) is 51.8 Å². The second kappa shape index (κ2) is 16.2. The Hall–Kier alpha value is -3.90. The Balaban J connectivity index is 0.000000187. The number of hydrogen-bond donors (Lipinski definition) is 0. The summed E-state index contributed by atoms with van der Waals surface area (Å²) >= 11 is -1.87. The van der Waals surface area contributed by atoms with Gasteiger partial charge in [-0.3, -0.25) is 0 Å². The molecule has 0 bridgehead atoms. The average molecular weight is 937 g/mol. The second-order valence-corrected chi connectivity index (χ2v) is 26.9. The van der Waals surface area contributed by atoms with Crippen LogP contribution in [0, 0.1) is 25.0 Å². The van der Waals surface area contributed by atoms with E-state index in [1.54, 1.807) is 9.96 Å². The Morgan fingerprint density at radius 1 is 0.849 bits per heavy atom. The van der Waals surface area contributed by atoms with Crippen LogP contribution < -0.4 is 4.40 Å². The van der Waals surface area contributed by atoms with Crippen LogP contribution >= 0.6 is 0 Å². The van der Waals surface area contributed by atoms with E-state index in [2.05, 4.69) is 115 Å². The molecule has 3 aromatic carbocycles. The maximum absolute atomic E-state index is 6.32. The molecular weight excluding hydrogens is 887 g/mol. The average Bonchev–Trinajstić information content (AvgIpc) is 3.79. The Bertz CT molecular complexity index is 2320. The van der Waals surface area contributed by atoms with E-state index in [0.29, 0.717) is 5.71 Å². The Morgan fingerprint density at radius 3 is 2.30 bits per heavy atom. The van der Waals surface area contributed by atoms with Crippen LogP contribution in [0.25, 0.3) is 55.7 Å². The molecular formula is C47H49GeIrN3O-2. The van der Waals surface area contributed by atoms with E-state index in [9.17, 15) is 0 Å². The van der Waals surface area contributed by atoms with Crippen molar-refractivity contribution >= 4 is 39.7 Å². The molecule has 0 unspecified atom stereocenters. The zero-order valence-corrected chi connectivity index (χ0v) is 36.5. The van der Waals surface area contributed by atoms with Crippen LogP contribution in [0.4, 0.5) is 0 Å². The minimum Gasteiger partial charge on any atom is 0 e. The van der Waals surface area contributed by atoms with Crippen LogP contribution in [-0.2, 0) is 31.9 Å². The van der Waals surface area contributed by atoms with Crippen molar-refractivity contribution < 1.29 is 24.5 Å². The zero-order chi connectivity index (χ0) is 36.5. The first-order chi connectivity index (χ1) is 25.0. The number of nitrogens with zero attached hydrogens (tertiary/aromatic N) is 3. The van der Waals surface area contributed by atoms with Crippen LogP contribution in [0.15, 0.2) is 108 Å². The van der Waals surface area contributed by atoms with Gasteiger partial charge in [-0.2, -0.15) is 0 Å². The molecule has 1 saturated carbocycles. The number of rotatable bonds is 6. The van der Waals surface area contributed by atoms with Gasteiger partial charge in [0.05, 0.1) is 5.58 Å². The summed E-state index contributed by atoms with van der Waals surface area (Å²) in [4.78, 5) is 14.1. The van der Waals surface area contributed by atoms with Crippen molar-refractivity contribution in [3.05, 3.63) is 132 Å². The van der Waals surface area contributed by atoms with Crippen molar-refractivity contribution in [2.24, 2.45) is 5.92 Å². The summed E-state index contributed by atoms with van der Waals surface area (Å²) in [5.74, 6) is 8.31. The van der Waals surface area contributed by atoms with E-state index < -0.39 is 13.3 Å². The normalized spacial score (nSPS) is 13.5. The van der Waals surface area contributed by atoms with E-state index in [0.717, 1.165) is 61.6 Å². The van der Waals surface area contributed by atoms with E-state index in [4.69, 9.17) is 9.40 Å². The molecule has 273 valence electrons. The number of furan rings is 1. The monoisotopic (exact) mass is 938 g/mol. The van der Waals surface area contributed by atoms with Crippen LogP contribution in [0.1, 0.15) is 63.3 Å². The fourth-order valence-electron chi connectivity index (χ4n) is 7.43. The SMILES string of the molecule is Cc1ccc2c(n1)oc1c(-c3ccccc3)c[c-]c(-c3cc(C(C)(C)C)ccn3)c12.[CH3][Ge]([CH3])([CH3])[c]1cnc(-c2[c-]cccc2)cc1CC1CCCC1.[Ir]. The predicted molar refractivity (Wildman–Crippen MR) is 220 cm³/mol. The van der Waals surface area contributed by atoms with Crippen molar-refractivity contribution in [1.29, 1.82) is 0 Å². The van der Waals surface area contributed by atoms with Crippen LogP contribution in [0.3, 0.4) is 0 Å². The van der Waals surface area contributed by atoms with Crippen LogP contribution in [0.2, 0.25) is 17.3 Å². The van der Waals surface area contributed by atoms with E-state index in [1.165, 1.54) is 37.7 Å². The van der Waals surface area contributed by atoms with E-state index >= 15 is 0 Å². The second-order valence-electron chi connectivity index (χ2n) is 16.3. The van der Waals surface area contributed by atoms with Gasteiger partial charge in [-0.05, 0) is 35.7 Å². The van der Waals surface area contributed by atoms with Gasteiger partial charge >= 0.3 is 137 Å². The molecule has 1 fully saturated rings.